The second kappa shape index (κ2) is 4.64. The fraction of sp³-hybridized carbons (Fsp3) is 0.0625. The van der Waals surface area contributed by atoms with Crippen LogP contribution < -0.4 is 0 Å². The van der Waals surface area contributed by atoms with Crippen molar-refractivity contribution in [2.24, 2.45) is 0 Å². The molecule has 1 N–H and O–H groups in total. The highest BCUT2D eigenvalue weighted by Gasteiger charge is 2.11. The maximum atomic E-state index is 9.42. The van der Waals surface area contributed by atoms with E-state index < -0.39 is 0 Å². The van der Waals surface area contributed by atoms with Crippen molar-refractivity contribution in [2.45, 2.75) is 6.61 Å². The van der Waals surface area contributed by atoms with Gasteiger partial charge in [-0.15, -0.1) is 5.10 Å². The molecule has 0 radical (unpaired) electrons. The Morgan fingerprint density at radius 2 is 1.71 bits per heavy atom. The van der Waals surface area contributed by atoms with E-state index in [1.165, 1.54) is 0 Å². The molecule has 0 amide bonds. The minimum absolute atomic E-state index is 0.107. The number of hydrogen-bond donors (Lipinski definition) is 1. The fourth-order valence-electron chi connectivity index (χ4n) is 2.51. The Hall–Kier alpha value is -2.79. The van der Waals surface area contributed by atoms with Gasteiger partial charge in [-0.2, -0.15) is 0 Å². The molecule has 4 aromatic rings. The molecule has 0 saturated heterocycles. The molecule has 2 aromatic carbocycles. The van der Waals surface area contributed by atoms with E-state index >= 15 is 0 Å². The molecule has 0 aliphatic rings. The molecule has 0 fully saturated rings. The van der Waals surface area contributed by atoms with Crippen LogP contribution in [0.15, 0.2) is 54.6 Å². The van der Waals surface area contributed by atoms with Gasteiger partial charge in [0.1, 0.15) is 5.52 Å². The Balaban J connectivity index is 2.09. The van der Waals surface area contributed by atoms with Gasteiger partial charge in [-0.05, 0) is 24.3 Å². The standard InChI is InChI=1S/C16H12N4O/c21-10-11-9-16(12-5-1-2-6-13(12)17-11)20-15-8-4-3-7-14(15)18-19-20/h1-9,21H,10H2. The normalized spacial score (nSPS) is 11.3. The van der Waals surface area contributed by atoms with Gasteiger partial charge >= 0.3 is 0 Å². The van der Waals surface area contributed by atoms with E-state index in [0.717, 1.165) is 27.6 Å². The molecular formula is C16H12N4O. The highest BCUT2D eigenvalue weighted by Crippen LogP contribution is 2.24. The van der Waals surface area contributed by atoms with Crippen LogP contribution in [0.5, 0.6) is 0 Å². The van der Waals surface area contributed by atoms with Gasteiger partial charge in [0, 0.05) is 5.39 Å². The molecule has 5 heteroatoms. The van der Waals surface area contributed by atoms with Gasteiger partial charge in [0.2, 0.25) is 0 Å². The van der Waals surface area contributed by atoms with Crippen molar-refractivity contribution in [3.63, 3.8) is 0 Å². The molecule has 0 aliphatic heterocycles. The summed E-state index contributed by atoms with van der Waals surface area (Å²) in [5.74, 6) is 0. The molecule has 102 valence electrons. The van der Waals surface area contributed by atoms with Crippen molar-refractivity contribution in [3.8, 4) is 5.69 Å². The van der Waals surface area contributed by atoms with Gasteiger partial charge in [-0.1, -0.05) is 35.5 Å². The Morgan fingerprint density at radius 1 is 0.952 bits per heavy atom. The average Bonchev–Trinajstić information content (AvgIpc) is 2.97. The predicted molar refractivity (Wildman–Crippen MR) is 80.1 cm³/mol. The maximum Gasteiger partial charge on any atom is 0.113 e. The Bertz CT molecular complexity index is 945. The van der Waals surface area contributed by atoms with E-state index in [0.29, 0.717) is 5.69 Å². The summed E-state index contributed by atoms with van der Waals surface area (Å²) in [6.45, 7) is -0.107. The third kappa shape index (κ3) is 1.86. The Kier molecular flexibility index (Phi) is 2.65. The van der Waals surface area contributed by atoms with Crippen molar-refractivity contribution in [1.82, 2.24) is 20.0 Å². The number of para-hydroxylation sites is 2. The van der Waals surface area contributed by atoms with Gasteiger partial charge in [0.05, 0.1) is 29.0 Å². The Labute approximate surface area is 120 Å². The molecule has 2 aromatic heterocycles. The zero-order valence-corrected chi connectivity index (χ0v) is 11.1. The number of benzene rings is 2. The number of pyridine rings is 1. The van der Waals surface area contributed by atoms with Crippen molar-refractivity contribution >= 4 is 21.9 Å². The predicted octanol–water partition coefficient (Wildman–Crippen LogP) is 2.46. The molecule has 21 heavy (non-hydrogen) atoms. The second-order valence-electron chi connectivity index (χ2n) is 4.80. The highest BCUT2D eigenvalue weighted by atomic mass is 16.3. The first-order valence-corrected chi connectivity index (χ1v) is 6.67. The van der Waals surface area contributed by atoms with Crippen LogP contribution in [0.25, 0.3) is 27.6 Å². The summed E-state index contributed by atoms with van der Waals surface area (Å²) in [6.07, 6.45) is 0. The summed E-state index contributed by atoms with van der Waals surface area (Å²) in [5, 5.41) is 18.8. The van der Waals surface area contributed by atoms with Crippen LogP contribution in [0.4, 0.5) is 0 Å². The topological polar surface area (TPSA) is 63.8 Å². The number of nitrogens with zero attached hydrogens (tertiary/aromatic N) is 4. The van der Waals surface area contributed by atoms with Gasteiger partial charge in [0.25, 0.3) is 0 Å². The summed E-state index contributed by atoms with van der Waals surface area (Å²) < 4.78 is 1.79. The van der Waals surface area contributed by atoms with Crippen LogP contribution in [0.3, 0.4) is 0 Å². The minimum Gasteiger partial charge on any atom is -0.390 e. The number of aliphatic hydroxyl groups excluding tert-OH is 1. The third-order valence-corrected chi connectivity index (χ3v) is 3.49. The van der Waals surface area contributed by atoms with E-state index in [1.54, 1.807) is 4.68 Å². The molecule has 2 heterocycles. The largest absolute Gasteiger partial charge is 0.390 e. The van der Waals surface area contributed by atoms with E-state index in [4.69, 9.17) is 0 Å². The first kappa shape index (κ1) is 12.0. The first-order valence-electron chi connectivity index (χ1n) is 6.67. The van der Waals surface area contributed by atoms with Crippen molar-refractivity contribution in [2.75, 3.05) is 0 Å². The third-order valence-electron chi connectivity index (χ3n) is 3.49. The summed E-state index contributed by atoms with van der Waals surface area (Å²) >= 11 is 0. The van der Waals surface area contributed by atoms with E-state index in [2.05, 4.69) is 15.3 Å². The molecule has 0 atom stereocenters. The van der Waals surface area contributed by atoms with Gasteiger partial charge < -0.3 is 5.11 Å². The van der Waals surface area contributed by atoms with E-state index in [9.17, 15) is 5.11 Å². The number of fused-ring (bicyclic) bond motifs is 2. The summed E-state index contributed by atoms with van der Waals surface area (Å²) in [7, 11) is 0. The first-order chi connectivity index (χ1) is 10.4. The molecule has 0 spiro atoms. The van der Waals surface area contributed by atoms with Crippen molar-refractivity contribution in [1.29, 1.82) is 0 Å². The lowest BCUT2D eigenvalue weighted by Gasteiger charge is -2.08. The fourth-order valence-corrected chi connectivity index (χ4v) is 2.51. The number of aromatic nitrogens is 4. The lowest BCUT2D eigenvalue weighted by Crippen LogP contribution is -2.01. The highest BCUT2D eigenvalue weighted by molar-refractivity contribution is 5.89. The SMILES string of the molecule is OCc1cc(-n2nnc3ccccc32)c2ccccc2n1. The molecule has 0 aliphatic carbocycles. The monoisotopic (exact) mass is 276 g/mol. The molecule has 0 bridgehead atoms. The van der Waals surface area contributed by atoms with Gasteiger partial charge in [-0.3, -0.25) is 4.98 Å². The lowest BCUT2D eigenvalue weighted by molar-refractivity contribution is 0.277. The van der Waals surface area contributed by atoms with Crippen LogP contribution in [0.2, 0.25) is 0 Å². The summed E-state index contributed by atoms with van der Waals surface area (Å²) in [4.78, 5) is 4.43. The summed E-state index contributed by atoms with van der Waals surface area (Å²) in [6, 6.07) is 17.5. The zero-order valence-electron chi connectivity index (χ0n) is 11.1. The van der Waals surface area contributed by atoms with E-state index in [1.807, 2.05) is 54.6 Å². The quantitative estimate of drug-likeness (QED) is 0.611. The lowest BCUT2D eigenvalue weighted by atomic mass is 10.1. The molecule has 4 rings (SSSR count). The van der Waals surface area contributed by atoms with Crippen molar-refractivity contribution < 1.29 is 5.11 Å². The van der Waals surface area contributed by atoms with Crippen LogP contribution in [0, 0.1) is 0 Å². The molecule has 0 unspecified atom stereocenters. The number of hydrogen-bond acceptors (Lipinski definition) is 4. The maximum absolute atomic E-state index is 9.42. The number of aliphatic hydroxyl groups is 1. The van der Waals surface area contributed by atoms with Crippen LogP contribution in [-0.4, -0.2) is 25.1 Å². The molecule has 5 nitrogen and oxygen atoms in total. The zero-order chi connectivity index (χ0) is 14.2. The molecular weight excluding hydrogens is 264 g/mol. The smallest absolute Gasteiger partial charge is 0.113 e. The second-order valence-corrected chi connectivity index (χ2v) is 4.80. The molecule has 0 saturated carbocycles. The van der Waals surface area contributed by atoms with Crippen LogP contribution in [-0.2, 0) is 6.61 Å². The van der Waals surface area contributed by atoms with Crippen molar-refractivity contribution in [3.05, 3.63) is 60.3 Å². The van der Waals surface area contributed by atoms with Gasteiger partial charge in [-0.25, -0.2) is 4.68 Å². The van der Waals surface area contributed by atoms with Gasteiger partial charge in [0.15, 0.2) is 0 Å². The van der Waals surface area contributed by atoms with Crippen LogP contribution in [0.1, 0.15) is 5.69 Å². The summed E-state index contributed by atoms with van der Waals surface area (Å²) in [5.41, 5.74) is 4.09. The van der Waals surface area contributed by atoms with Crippen LogP contribution >= 0.6 is 0 Å². The minimum atomic E-state index is -0.107. The Morgan fingerprint density at radius 3 is 2.57 bits per heavy atom. The average molecular weight is 276 g/mol. The number of rotatable bonds is 2. The van der Waals surface area contributed by atoms with E-state index in [-0.39, 0.29) is 6.61 Å².